The van der Waals surface area contributed by atoms with Crippen LogP contribution in [0.15, 0.2) is 30.5 Å². The summed E-state index contributed by atoms with van der Waals surface area (Å²) in [5, 5.41) is 13.7. The highest BCUT2D eigenvalue weighted by atomic mass is 16.3. The van der Waals surface area contributed by atoms with Gasteiger partial charge in [-0.15, -0.1) is 0 Å². The Kier molecular flexibility index (Phi) is 3.29. The summed E-state index contributed by atoms with van der Waals surface area (Å²) in [6.07, 6.45) is 1.75. The molecule has 2 rings (SSSR count). The molecule has 3 heteroatoms. The monoisotopic (exact) mass is 230 g/mol. The highest BCUT2D eigenvalue weighted by Crippen LogP contribution is 2.24. The van der Waals surface area contributed by atoms with Gasteiger partial charge < -0.3 is 5.11 Å². The van der Waals surface area contributed by atoms with E-state index in [0.717, 1.165) is 16.9 Å². The molecular weight excluding hydrogens is 212 g/mol. The Balaban J connectivity index is 2.60. The first-order valence-electron chi connectivity index (χ1n) is 5.88. The maximum absolute atomic E-state index is 9.34. The van der Waals surface area contributed by atoms with Gasteiger partial charge in [-0.3, -0.25) is 0 Å². The van der Waals surface area contributed by atoms with E-state index >= 15 is 0 Å². The van der Waals surface area contributed by atoms with Crippen LogP contribution in [0.25, 0.3) is 5.69 Å². The van der Waals surface area contributed by atoms with E-state index in [1.165, 1.54) is 5.56 Å². The Labute approximate surface area is 102 Å². The van der Waals surface area contributed by atoms with Gasteiger partial charge in [0.25, 0.3) is 0 Å². The Morgan fingerprint density at radius 3 is 2.59 bits per heavy atom. The van der Waals surface area contributed by atoms with E-state index in [0.29, 0.717) is 5.92 Å². The number of aliphatic hydroxyl groups excluding tert-OH is 1. The molecule has 2 aromatic rings. The SMILES string of the molecule is Cc1ccccc1-n1ncc(CO)c1C(C)C. The van der Waals surface area contributed by atoms with Crippen molar-refractivity contribution in [2.75, 3.05) is 0 Å². The molecule has 3 nitrogen and oxygen atoms in total. The number of aromatic nitrogens is 2. The second-order valence-corrected chi connectivity index (χ2v) is 4.57. The minimum absolute atomic E-state index is 0.0411. The van der Waals surface area contributed by atoms with Crippen molar-refractivity contribution < 1.29 is 5.11 Å². The molecule has 1 N–H and O–H groups in total. The van der Waals surface area contributed by atoms with Crippen molar-refractivity contribution in [3.8, 4) is 5.69 Å². The highest BCUT2D eigenvalue weighted by Gasteiger charge is 2.15. The molecule has 0 spiro atoms. The molecule has 90 valence electrons. The van der Waals surface area contributed by atoms with Gasteiger partial charge in [0.1, 0.15) is 0 Å². The molecule has 0 fully saturated rings. The fraction of sp³-hybridized carbons (Fsp3) is 0.357. The minimum Gasteiger partial charge on any atom is -0.392 e. The minimum atomic E-state index is 0.0411. The van der Waals surface area contributed by atoms with E-state index < -0.39 is 0 Å². The predicted octanol–water partition coefficient (Wildman–Crippen LogP) is 2.80. The third-order valence-corrected chi connectivity index (χ3v) is 2.95. The van der Waals surface area contributed by atoms with E-state index in [2.05, 4.69) is 38.0 Å². The third kappa shape index (κ3) is 2.11. The summed E-state index contributed by atoms with van der Waals surface area (Å²) in [5.74, 6) is 0.333. The zero-order chi connectivity index (χ0) is 12.4. The van der Waals surface area contributed by atoms with Crippen LogP contribution < -0.4 is 0 Å². The summed E-state index contributed by atoms with van der Waals surface area (Å²) in [6, 6.07) is 8.15. The van der Waals surface area contributed by atoms with Crippen molar-refractivity contribution >= 4 is 0 Å². The van der Waals surface area contributed by atoms with Gasteiger partial charge in [0, 0.05) is 5.56 Å². The topological polar surface area (TPSA) is 38.0 Å². The van der Waals surface area contributed by atoms with Gasteiger partial charge in [0.2, 0.25) is 0 Å². The van der Waals surface area contributed by atoms with Gasteiger partial charge in [-0.1, -0.05) is 32.0 Å². The predicted molar refractivity (Wildman–Crippen MR) is 68.3 cm³/mol. The highest BCUT2D eigenvalue weighted by molar-refractivity contribution is 5.42. The molecule has 17 heavy (non-hydrogen) atoms. The number of para-hydroxylation sites is 1. The zero-order valence-electron chi connectivity index (χ0n) is 10.5. The van der Waals surface area contributed by atoms with Crippen molar-refractivity contribution in [2.45, 2.75) is 33.3 Å². The lowest BCUT2D eigenvalue weighted by Crippen LogP contribution is -2.07. The summed E-state index contributed by atoms with van der Waals surface area (Å²) in [4.78, 5) is 0. The number of hydrogen-bond donors (Lipinski definition) is 1. The second kappa shape index (κ2) is 4.72. The number of aryl methyl sites for hydroxylation is 1. The maximum atomic E-state index is 9.34. The average Bonchev–Trinajstić information content (AvgIpc) is 2.73. The Hall–Kier alpha value is -1.61. The van der Waals surface area contributed by atoms with Crippen molar-refractivity contribution in [1.82, 2.24) is 9.78 Å². The molecule has 1 aromatic heterocycles. The van der Waals surface area contributed by atoms with Gasteiger partial charge in [-0.2, -0.15) is 5.10 Å². The largest absolute Gasteiger partial charge is 0.392 e. The zero-order valence-corrected chi connectivity index (χ0v) is 10.5. The summed E-state index contributed by atoms with van der Waals surface area (Å²) in [5.41, 5.74) is 4.25. The van der Waals surface area contributed by atoms with Crippen LogP contribution in [-0.2, 0) is 6.61 Å². The van der Waals surface area contributed by atoms with Crippen molar-refractivity contribution in [1.29, 1.82) is 0 Å². The molecule has 0 aliphatic carbocycles. The molecule has 1 heterocycles. The van der Waals surface area contributed by atoms with Crippen LogP contribution in [0.5, 0.6) is 0 Å². The number of nitrogens with zero attached hydrogens (tertiary/aromatic N) is 2. The molecule has 0 saturated heterocycles. The summed E-state index contributed by atoms with van der Waals surface area (Å²) >= 11 is 0. The lowest BCUT2D eigenvalue weighted by Gasteiger charge is -2.13. The van der Waals surface area contributed by atoms with Crippen LogP contribution in [0.4, 0.5) is 0 Å². The molecule has 0 bridgehead atoms. The molecule has 0 aliphatic heterocycles. The van der Waals surface area contributed by atoms with Gasteiger partial charge in [0.05, 0.1) is 24.2 Å². The summed E-state index contributed by atoms with van der Waals surface area (Å²) < 4.78 is 1.94. The van der Waals surface area contributed by atoms with Crippen molar-refractivity contribution in [3.63, 3.8) is 0 Å². The molecule has 0 atom stereocenters. The van der Waals surface area contributed by atoms with E-state index in [9.17, 15) is 5.11 Å². The van der Waals surface area contributed by atoms with Crippen LogP contribution >= 0.6 is 0 Å². The van der Waals surface area contributed by atoms with Gasteiger partial charge in [0.15, 0.2) is 0 Å². The van der Waals surface area contributed by atoms with Crippen LogP contribution in [0.2, 0.25) is 0 Å². The standard InChI is InChI=1S/C14H18N2O/c1-10(2)14-12(9-17)8-15-16(14)13-7-5-4-6-11(13)3/h4-8,10,17H,9H2,1-3H3. The first-order valence-corrected chi connectivity index (χ1v) is 5.88. The van der Waals surface area contributed by atoms with Gasteiger partial charge >= 0.3 is 0 Å². The van der Waals surface area contributed by atoms with Crippen molar-refractivity contribution in [3.05, 3.63) is 47.3 Å². The van der Waals surface area contributed by atoms with Gasteiger partial charge in [-0.25, -0.2) is 4.68 Å². The first-order chi connectivity index (χ1) is 8.15. The number of benzene rings is 1. The Bertz CT molecular complexity index is 515. The Morgan fingerprint density at radius 2 is 2.00 bits per heavy atom. The van der Waals surface area contributed by atoms with E-state index in [4.69, 9.17) is 0 Å². The summed E-state index contributed by atoms with van der Waals surface area (Å²) in [7, 11) is 0. The summed E-state index contributed by atoms with van der Waals surface area (Å²) in [6.45, 7) is 6.34. The van der Waals surface area contributed by atoms with E-state index in [1.54, 1.807) is 6.20 Å². The number of aliphatic hydroxyl groups is 1. The van der Waals surface area contributed by atoms with Crippen molar-refractivity contribution in [2.24, 2.45) is 0 Å². The van der Waals surface area contributed by atoms with Crippen LogP contribution in [-0.4, -0.2) is 14.9 Å². The second-order valence-electron chi connectivity index (χ2n) is 4.57. The van der Waals surface area contributed by atoms with Gasteiger partial charge in [-0.05, 0) is 24.5 Å². The Morgan fingerprint density at radius 1 is 1.29 bits per heavy atom. The number of hydrogen-bond acceptors (Lipinski definition) is 2. The van der Waals surface area contributed by atoms with E-state index in [1.807, 2.05) is 16.8 Å². The third-order valence-electron chi connectivity index (χ3n) is 2.95. The molecule has 0 amide bonds. The fourth-order valence-corrected chi connectivity index (χ4v) is 2.12. The number of rotatable bonds is 3. The first kappa shape index (κ1) is 11.9. The lowest BCUT2D eigenvalue weighted by molar-refractivity contribution is 0.280. The molecule has 0 unspecified atom stereocenters. The molecule has 0 aliphatic rings. The molecular formula is C14H18N2O. The van der Waals surface area contributed by atoms with Crippen LogP contribution in [0, 0.1) is 6.92 Å². The van der Waals surface area contributed by atoms with Crippen LogP contribution in [0.3, 0.4) is 0 Å². The fourth-order valence-electron chi connectivity index (χ4n) is 2.12. The normalized spacial score (nSPS) is 11.1. The average molecular weight is 230 g/mol. The molecule has 0 radical (unpaired) electrons. The quantitative estimate of drug-likeness (QED) is 0.880. The smallest absolute Gasteiger partial charge is 0.0715 e. The van der Waals surface area contributed by atoms with E-state index in [-0.39, 0.29) is 6.61 Å². The maximum Gasteiger partial charge on any atom is 0.0715 e. The molecule has 0 saturated carbocycles. The van der Waals surface area contributed by atoms with Crippen LogP contribution in [0.1, 0.15) is 36.6 Å². The molecule has 1 aromatic carbocycles. The lowest BCUT2D eigenvalue weighted by atomic mass is 10.1.